The average Bonchev–Trinajstić information content (AvgIpc) is 2.33. The van der Waals surface area contributed by atoms with E-state index in [0.717, 1.165) is 19.0 Å². The second-order valence-electron chi connectivity index (χ2n) is 5.88. The molecule has 0 aliphatic heterocycles. The fourth-order valence-corrected chi connectivity index (χ4v) is 2.92. The highest BCUT2D eigenvalue weighted by Crippen LogP contribution is 2.35. The van der Waals surface area contributed by atoms with Crippen LogP contribution in [0.5, 0.6) is 0 Å². The molecular weight excluding hydrogens is 226 g/mol. The maximum absolute atomic E-state index is 11.7. The first-order valence-electron chi connectivity index (χ1n) is 7.15. The van der Waals surface area contributed by atoms with Crippen molar-refractivity contribution in [3.8, 4) is 0 Å². The van der Waals surface area contributed by atoms with E-state index in [4.69, 9.17) is 0 Å². The Bertz CT molecular complexity index is 268. The Morgan fingerprint density at radius 2 is 2.17 bits per heavy atom. The molecular formula is C14H29N3O. The SMILES string of the molecule is CCNCC(=O)NCC1(N(C)C)CCCC(C)C1. The summed E-state index contributed by atoms with van der Waals surface area (Å²) < 4.78 is 0. The lowest BCUT2D eigenvalue weighted by Crippen LogP contribution is -2.55. The molecule has 0 radical (unpaired) electrons. The molecule has 0 heterocycles. The summed E-state index contributed by atoms with van der Waals surface area (Å²) in [5.41, 5.74) is 0.152. The van der Waals surface area contributed by atoms with Gasteiger partial charge in [-0.2, -0.15) is 0 Å². The number of nitrogens with zero attached hydrogens (tertiary/aromatic N) is 1. The molecule has 0 aromatic rings. The number of amides is 1. The van der Waals surface area contributed by atoms with Crippen molar-refractivity contribution in [2.75, 3.05) is 33.7 Å². The van der Waals surface area contributed by atoms with E-state index in [1.54, 1.807) is 0 Å². The molecule has 4 heteroatoms. The van der Waals surface area contributed by atoms with Crippen molar-refractivity contribution in [1.29, 1.82) is 0 Å². The third-order valence-corrected chi connectivity index (χ3v) is 4.17. The van der Waals surface area contributed by atoms with Gasteiger partial charge in [0.15, 0.2) is 0 Å². The quantitative estimate of drug-likeness (QED) is 0.750. The minimum Gasteiger partial charge on any atom is -0.353 e. The minimum absolute atomic E-state index is 0.108. The molecule has 2 atom stereocenters. The predicted molar refractivity (Wildman–Crippen MR) is 75.6 cm³/mol. The fraction of sp³-hybridized carbons (Fsp3) is 0.929. The van der Waals surface area contributed by atoms with E-state index in [9.17, 15) is 4.79 Å². The van der Waals surface area contributed by atoms with Gasteiger partial charge in [0.2, 0.25) is 5.91 Å². The van der Waals surface area contributed by atoms with Gasteiger partial charge in [0, 0.05) is 12.1 Å². The summed E-state index contributed by atoms with van der Waals surface area (Å²) in [5.74, 6) is 0.864. The molecule has 0 aromatic carbocycles. The van der Waals surface area contributed by atoms with Gasteiger partial charge in [-0.15, -0.1) is 0 Å². The van der Waals surface area contributed by atoms with Crippen LogP contribution in [0.2, 0.25) is 0 Å². The van der Waals surface area contributed by atoms with Gasteiger partial charge >= 0.3 is 0 Å². The number of nitrogens with one attached hydrogen (secondary N) is 2. The maximum Gasteiger partial charge on any atom is 0.234 e. The number of carbonyl (C=O) groups is 1. The lowest BCUT2D eigenvalue weighted by atomic mass is 9.75. The lowest BCUT2D eigenvalue weighted by Gasteiger charge is -2.45. The molecule has 18 heavy (non-hydrogen) atoms. The number of carbonyl (C=O) groups excluding carboxylic acids is 1. The summed E-state index contributed by atoms with van der Waals surface area (Å²) in [6.45, 7) is 6.36. The van der Waals surface area contributed by atoms with E-state index in [1.807, 2.05) is 6.92 Å². The van der Waals surface area contributed by atoms with Crippen LogP contribution in [0.3, 0.4) is 0 Å². The molecule has 2 unspecified atom stereocenters. The Hall–Kier alpha value is -0.610. The summed E-state index contributed by atoms with van der Waals surface area (Å²) in [4.78, 5) is 14.0. The van der Waals surface area contributed by atoms with Crippen molar-refractivity contribution in [2.24, 2.45) is 5.92 Å². The summed E-state index contributed by atoms with van der Waals surface area (Å²) in [6.07, 6.45) is 4.96. The monoisotopic (exact) mass is 255 g/mol. The highest BCUT2D eigenvalue weighted by atomic mass is 16.1. The summed E-state index contributed by atoms with van der Waals surface area (Å²) in [7, 11) is 4.27. The van der Waals surface area contributed by atoms with Crippen molar-refractivity contribution in [1.82, 2.24) is 15.5 Å². The zero-order valence-corrected chi connectivity index (χ0v) is 12.4. The zero-order valence-electron chi connectivity index (χ0n) is 12.4. The first-order chi connectivity index (χ1) is 8.50. The molecule has 1 saturated carbocycles. The molecule has 0 saturated heterocycles. The van der Waals surface area contributed by atoms with Gasteiger partial charge in [0.25, 0.3) is 0 Å². The third-order valence-electron chi connectivity index (χ3n) is 4.17. The number of hydrogen-bond acceptors (Lipinski definition) is 3. The Morgan fingerprint density at radius 3 is 2.72 bits per heavy atom. The van der Waals surface area contributed by atoms with Crippen LogP contribution < -0.4 is 10.6 Å². The second kappa shape index (κ2) is 7.10. The molecule has 1 aliphatic carbocycles. The highest BCUT2D eigenvalue weighted by Gasteiger charge is 2.36. The van der Waals surface area contributed by atoms with Crippen molar-refractivity contribution in [3.63, 3.8) is 0 Å². The van der Waals surface area contributed by atoms with Gasteiger partial charge in [-0.1, -0.05) is 26.7 Å². The Labute approximate surface area is 111 Å². The average molecular weight is 255 g/mol. The molecule has 0 aromatic heterocycles. The molecule has 1 aliphatic rings. The van der Waals surface area contributed by atoms with Crippen LogP contribution >= 0.6 is 0 Å². The Kier molecular flexibility index (Phi) is 6.09. The van der Waals surface area contributed by atoms with E-state index in [-0.39, 0.29) is 11.4 Å². The van der Waals surface area contributed by atoms with Gasteiger partial charge in [-0.05, 0) is 39.4 Å². The van der Waals surface area contributed by atoms with Crippen molar-refractivity contribution >= 4 is 5.91 Å². The molecule has 1 rings (SSSR count). The van der Waals surface area contributed by atoms with Gasteiger partial charge in [-0.3, -0.25) is 4.79 Å². The fourth-order valence-electron chi connectivity index (χ4n) is 2.92. The normalized spacial score (nSPS) is 28.4. The molecule has 106 valence electrons. The standard InChI is InChI=1S/C14H29N3O/c1-5-15-10-13(18)16-11-14(17(3)4)8-6-7-12(2)9-14/h12,15H,5-11H2,1-4H3,(H,16,18). The first-order valence-corrected chi connectivity index (χ1v) is 7.15. The number of hydrogen-bond donors (Lipinski definition) is 2. The van der Waals surface area contributed by atoms with Crippen LogP contribution in [0.1, 0.15) is 39.5 Å². The van der Waals surface area contributed by atoms with Crippen LogP contribution in [-0.2, 0) is 4.79 Å². The van der Waals surface area contributed by atoms with E-state index in [0.29, 0.717) is 6.54 Å². The summed E-state index contributed by atoms with van der Waals surface area (Å²) >= 11 is 0. The minimum atomic E-state index is 0.108. The zero-order chi connectivity index (χ0) is 13.6. The van der Waals surface area contributed by atoms with Gasteiger partial charge < -0.3 is 15.5 Å². The number of likely N-dealkylation sites (N-methyl/N-ethyl adjacent to an activating group) is 2. The number of rotatable bonds is 6. The van der Waals surface area contributed by atoms with E-state index in [1.165, 1.54) is 25.7 Å². The van der Waals surface area contributed by atoms with Gasteiger partial charge in [0.1, 0.15) is 0 Å². The Balaban J connectivity index is 2.50. The third kappa shape index (κ3) is 4.25. The molecule has 1 fully saturated rings. The van der Waals surface area contributed by atoms with Crippen molar-refractivity contribution in [2.45, 2.75) is 45.1 Å². The van der Waals surface area contributed by atoms with Crippen LogP contribution in [0, 0.1) is 5.92 Å². The van der Waals surface area contributed by atoms with E-state index >= 15 is 0 Å². The topological polar surface area (TPSA) is 44.4 Å². The van der Waals surface area contributed by atoms with Crippen LogP contribution in [0.25, 0.3) is 0 Å². The molecule has 4 nitrogen and oxygen atoms in total. The smallest absolute Gasteiger partial charge is 0.234 e. The summed E-state index contributed by atoms with van der Waals surface area (Å²) in [5, 5.41) is 6.15. The maximum atomic E-state index is 11.7. The molecule has 2 N–H and O–H groups in total. The molecule has 1 amide bonds. The van der Waals surface area contributed by atoms with Gasteiger partial charge in [-0.25, -0.2) is 0 Å². The van der Waals surface area contributed by atoms with Gasteiger partial charge in [0.05, 0.1) is 6.54 Å². The van der Waals surface area contributed by atoms with Crippen LogP contribution in [0.15, 0.2) is 0 Å². The predicted octanol–water partition coefficient (Wildman–Crippen LogP) is 1.22. The highest BCUT2D eigenvalue weighted by molar-refractivity contribution is 5.78. The van der Waals surface area contributed by atoms with E-state index in [2.05, 4.69) is 36.6 Å². The largest absolute Gasteiger partial charge is 0.353 e. The lowest BCUT2D eigenvalue weighted by molar-refractivity contribution is -0.121. The van der Waals surface area contributed by atoms with Crippen LogP contribution in [0.4, 0.5) is 0 Å². The second-order valence-corrected chi connectivity index (χ2v) is 5.88. The molecule has 0 bridgehead atoms. The Morgan fingerprint density at radius 1 is 1.44 bits per heavy atom. The van der Waals surface area contributed by atoms with Crippen molar-refractivity contribution in [3.05, 3.63) is 0 Å². The summed E-state index contributed by atoms with van der Waals surface area (Å²) in [6, 6.07) is 0. The van der Waals surface area contributed by atoms with Crippen LogP contribution in [-0.4, -0.2) is 50.1 Å². The molecule has 0 spiro atoms. The first kappa shape index (κ1) is 15.4. The van der Waals surface area contributed by atoms with E-state index < -0.39 is 0 Å². The van der Waals surface area contributed by atoms with Crippen molar-refractivity contribution < 1.29 is 4.79 Å².